The second kappa shape index (κ2) is 7.90. The average molecular weight is 393 g/mol. The number of benzene rings is 1. The molecule has 0 N–H and O–H groups in total. The highest BCUT2D eigenvalue weighted by Gasteiger charge is 2.09. The Balaban J connectivity index is 1.32. The molecule has 28 heavy (non-hydrogen) atoms. The molecule has 0 fully saturated rings. The van der Waals surface area contributed by atoms with Gasteiger partial charge in [-0.3, -0.25) is 14.0 Å². The van der Waals surface area contributed by atoms with Crippen molar-refractivity contribution in [3.05, 3.63) is 75.3 Å². The standard InChI is InChI=1S/C21H19N3O3S/c1-14-6-5-11-24-19(25)12-15(22-21(14)24)13-27-20(26)10-4-9-18-23-16-7-2-3-8-17(16)28-18/h2-3,5-8,11-12H,4,9-10,13H2,1H3. The molecule has 4 rings (SSSR count). The Morgan fingerprint density at radius 2 is 2.04 bits per heavy atom. The molecule has 0 aliphatic carbocycles. The number of carbonyl (C=O) groups excluding carboxylic acids is 1. The van der Waals surface area contributed by atoms with Gasteiger partial charge in [0.1, 0.15) is 12.3 Å². The van der Waals surface area contributed by atoms with E-state index in [-0.39, 0.29) is 18.1 Å². The highest BCUT2D eigenvalue weighted by atomic mass is 32.1. The van der Waals surface area contributed by atoms with Crippen molar-refractivity contribution in [2.24, 2.45) is 0 Å². The first-order chi connectivity index (χ1) is 13.6. The van der Waals surface area contributed by atoms with Gasteiger partial charge < -0.3 is 4.74 Å². The number of carbonyl (C=O) groups is 1. The molecular weight excluding hydrogens is 374 g/mol. The zero-order chi connectivity index (χ0) is 19.5. The number of aromatic nitrogens is 3. The molecule has 0 aliphatic rings. The molecule has 3 heterocycles. The minimum Gasteiger partial charge on any atom is -0.459 e. The van der Waals surface area contributed by atoms with Crippen molar-refractivity contribution in [2.45, 2.75) is 32.8 Å². The molecule has 0 spiro atoms. The maximum atomic E-state index is 12.2. The first-order valence-electron chi connectivity index (χ1n) is 9.08. The summed E-state index contributed by atoms with van der Waals surface area (Å²) in [6.07, 6.45) is 3.39. The third-order valence-electron chi connectivity index (χ3n) is 4.43. The summed E-state index contributed by atoms with van der Waals surface area (Å²) in [4.78, 5) is 33.2. The van der Waals surface area contributed by atoms with Crippen LogP contribution in [-0.2, 0) is 22.6 Å². The van der Waals surface area contributed by atoms with Gasteiger partial charge in [0, 0.05) is 18.7 Å². The van der Waals surface area contributed by atoms with Crippen LogP contribution < -0.4 is 5.56 Å². The van der Waals surface area contributed by atoms with Crippen LogP contribution in [0.25, 0.3) is 15.9 Å². The van der Waals surface area contributed by atoms with Gasteiger partial charge in [-0.05, 0) is 43.5 Å². The number of ether oxygens (including phenoxy) is 1. The largest absolute Gasteiger partial charge is 0.459 e. The zero-order valence-electron chi connectivity index (χ0n) is 15.4. The Kier molecular flexibility index (Phi) is 5.16. The SMILES string of the molecule is Cc1cccn2c(=O)cc(COC(=O)CCCc3nc4ccccc4s3)nc12. The number of hydrogen-bond acceptors (Lipinski definition) is 6. The molecule has 6 nitrogen and oxygen atoms in total. The van der Waals surface area contributed by atoms with Gasteiger partial charge in [-0.1, -0.05) is 18.2 Å². The number of fused-ring (bicyclic) bond motifs is 2. The van der Waals surface area contributed by atoms with Gasteiger partial charge in [-0.2, -0.15) is 0 Å². The van der Waals surface area contributed by atoms with E-state index in [0.717, 1.165) is 27.2 Å². The van der Waals surface area contributed by atoms with Crippen molar-refractivity contribution in [3.63, 3.8) is 0 Å². The first-order valence-corrected chi connectivity index (χ1v) is 9.90. The van der Waals surface area contributed by atoms with Crippen LogP contribution in [0.4, 0.5) is 0 Å². The zero-order valence-corrected chi connectivity index (χ0v) is 16.2. The Morgan fingerprint density at radius 1 is 1.18 bits per heavy atom. The Bertz CT molecular complexity index is 1180. The summed E-state index contributed by atoms with van der Waals surface area (Å²) in [6.45, 7) is 1.89. The molecule has 0 unspecified atom stereocenters. The predicted molar refractivity (Wildman–Crippen MR) is 109 cm³/mol. The van der Waals surface area contributed by atoms with Crippen LogP contribution in [-0.4, -0.2) is 20.3 Å². The van der Waals surface area contributed by atoms with Crippen LogP contribution in [0.3, 0.4) is 0 Å². The van der Waals surface area contributed by atoms with Crippen LogP contribution in [0.2, 0.25) is 0 Å². The van der Waals surface area contributed by atoms with E-state index in [0.29, 0.717) is 24.2 Å². The number of nitrogens with zero attached hydrogens (tertiary/aromatic N) is 3. The summed E-state index contributed by atoms with van der Waals surface area (Å²) < 4.78 is 7.94. The van der Waals surface area contributed by atoms with Gasteiger partial charge in [-0.15, -0.1) is 11.3 Å². The minimum absolute atomic E-state index is 0.0000450. The first kappa shape index (κ1) is 18.3. The van der Waals surface area contributed by atoms with Crippen LogP contribution in [0.1, 0.15) is 29.1 Å². The summed E-state index contributed by atoms with van der Waals surface area (Å²) in [5.74, 6) is -0.298. The van der Waals surface area contributed by atoms with E-state index < -0.39 is 0 Å². The van der Waals surface area contributed by atoms with Gasteiger partial charge in [0.25, 0.3) is 5.56 Å². The maximum Gasteiger partial charge on any atom is 0.306 e. The molecule has 0 radical (unpaired) electrons. The van der Waals surface area contributed by atoms with Crippen molar-refractivity contribution in [2.75, 3.05) is 0 Å². The lowest BCUT2D eigenvalue weighted by Gasteiger charge is -2.07. The van der Waals surface area contributed by atoms with Crippen LogP contribution in [0, 0.1) is 6.92 Å². The summed E-state index contributed by atoms with van der Waals surface area (Å²) in [6, 6.07) is 13.1. The normalized spacial score (nSPS) is 11.2. The quantitative estimate of drug-likeness (QED) is 0.467. The topological polar surface area (TPSA) is 73.6 Å². The van der Waals surface area contributed by atoms with E-state index in [2.05, 4.69) is 9.97 Å². The van der Waals surface area contributed by atoms with Crippen LogP contribution >= 0.6 is 11.3 Å². The Labute approximate surface area is 165 Å². The molecule has 0 saturated carbocycles. The highest BCUT2D eigenvalue weighted by Crippen LogP contribution is 2.22. The maximum absolute atomic E-state index is 12.2. The molecule has 142 valence electrons. The second-order valence-electron chi connectivity index (χ2n) is 6.56. The molecule has 4 aromatic rings. The number of rotatable bonds is 6. The van der Waals surface area contributed by atoms with E-state index in [1.165, 1.54) is 10.5 Å². The van der Waals surface area contributed by atoms with Crippen LogP contribution in [0.5, 0.6) is 0 Å². The van der Waals surface area contributed by atoms with Gasteiger partial charge in [0.2, 0.25) is 0 Å². The van der Waals surface area contributed by atoms with Crippen molar-refractivity contribution >= 4 is 33.2 Å². The smallest absolute Gasteiger partial charge is 0.306 e. The molecule has 0 amide bonds. The van der Waals surface area contributed by atoms with Crippen molar-refractivity contribution in [3.8, 4) is 0 Å². The lowest BCUT2D eigenvalue weighted by molar-refractivity contribution is -0.145. The van der Waals surface area contributed by atoms with Crippen molar-refractivity contribution < 1.29 is 9.53 Å². The van der Waals surface area contributed by atoms with Gasteiger partial charge >= 0.3 is 5.97 Å². The van der Waals surface area contributed by atoms with E-state index in [9.17, 15) is 9.59 Å². The fraction of sp³-hybridized carbons (Fsp3) is 0.238. The third kappa shape index (κ3) is 3.94. The summed E-state index contributed by atoms with van der Waals surface area (Å²) in [5.41, 5.74) is 2.74. The predicted octanol–water partition coefficient (Wildman–Crippen LogP) is 3.68. The number of esters is 1. The Morgan fingerprint density at radius 3 is 2.89 bits per heavy atom. The lowest BCUT2D eigenvalue weighted by atomic mass is 10.2. The van der Waals surface area contributed by atoms with Gasteiger partial charge in [0.05, 0.1) is 20.9 Å². The monoisotopic (exact) mass is 393 g/mol. The summed E-state index contributed by atoms with van der Waals surface area (Å²) in [7, 11) is 0. The fourth-order valence-corrected chi connectivity index (χ4v) is 4.03. The molecule has 0 saturated heterocycles. The number of thiazole rings is 1. The molecule has 1 aromatic carbocycles. The lowest BCUT2D eigenvalue weighted by Crippen LogP contribution is -2.17. The molecule has 3 aromatic heterocycles. The number of aryl methyl sites for hydroxylation is 2. The van der Waals surface area contributed by atoms with Gasteiger partial charge in [0.15, 0.2) is 0 Å². The summed E-state index contributed by atoms with van der Waals surface area (Å²) >= 11 is 1.65. The molecule has 0 atom stereocenters. The second-order valence-corrected chi connectivity index (χ2v) is 7.68. The van der Waals surface area contributed by atoms with Crippen molar-refractivity contribution in [1.82, 2.24) is 14.4 Å². The fourth-order valence-electron chi connectivity index (χ4n) is 3.02. The van der Waals surface area contributed by atoms with Crippen LogP contribution in [0.15, 0.2) is 53.5 Å². The van der Waals surface area contributed by atoms with E-state index in [4.69, 9.17) is 4.74 Å². The number of hydrogen-bond donors (Lipinski definition) is 0. The molecule has 0 aliphatic heterocycles. The van der Waals surface area contributed by atoms with E-state index in [1.54, 1.807) is 23.6 Å². The number of para-hydroxylation sites is 1. The summed E-state index contributed by atoms with van der Waals surface area (Å²) in [5, 5.41) is 1.02. The average Bonchev–Trinajstić information content (AvgIpc) is 3.10. The molecule has 7 heteroatoms. The van der Waals surface area contributed by atoms with Crippen molar-refractivity contribution in [1.29, 1.82) is 0 Å². The Hall–Kier alpha value is -3.06. The van der Waals surface area contributed by atoms with E-state index >= 15 is 0 Å². The van der Waals surface area contributed by atoms with E-state index in [1.807, 2.05) is 37.3 Å². The van der Waals surface area contributed by atoms with Gasteiger partial charge in [-0.25, -0.2) is 9.97 Å². The highest BCUT2D eigenvalue weighted by molar-refractivity contribution is 7.18. The molecule has 0 bridgehead atoms. The minimum atomic E-state index is -0.298. The molecular formula is C21H19N3O3S. The number of pyridine rings is 1. The third-order valence-corrected chi connectivity index (χ3v) is 5.53.